The molecule has 17 heavy (non-hydrogen) atoms. The minimum atomic E-state index is -0.540. The molecule has 0 radical (unpaired) electrons. The zero-order valence-electron chi connectivity index (χ0n) is 10.3. The molecule has 1 amide bonds. The second-order valence-corrected chi connectivity index (χ2v) is 4.88. The van der Waals surface area contributed by atoms with Crippen LogP contribution in [-0.4, -0.2) is 23.7 Å². The second-order valence-electron chi connectivity index (χ2n) is 4.49. The summed E-state index contributed by atoms with van der Waals surface area (Å²) < 4.78 is 5.11. The Hall–Kier alpha value is -1.49. The van der Waals surface area contributed by atoms with Crippen molar-refractivity contribution < 1.29 is 9.53 Å². The average Bonchev–Trinajstić information content (AvgIpc) is 2.14. The Morgan fingerprint density at radius 3 is 2.65 bits per heavy atom. The Kier molecular flexibility index (Phi) is 4.17. The summed E-state index contributed by atoms with van der Waals surface area (Å²) in [4.78, 5) is 15.5. The van der Waals surface area contributed by atoms with Crippen LogP contribution in [0.1, 0.15) is 20.8 Å². The maximum absolute atomic E-state index is 11.5. The van der Waals surface area contributed by atoms with Crippen molar-refractivity contribution in [3.05, 3.63) is 23.4 Å². The predicted octanol–water partition coefficient (Wildman–Crippen LogP) is 2.61. The van der Waals surface area contributed by atoms with Crippen LogP contribution in [0.15, 0.2) is 18.2 Å². The number of anilines is 1. The van der Waals surface area contributed by atoms with Crippen molar-refractivity contribution in [2.75, 3.05) is 12.1 Å². The van der Waals surface area contributed by atoms with Gasteiger partial charge in [-0.05, 0) is 32.9 Å². The van der Waals surface area contributed by atoms with Gasteiger partial charge in [0.05, 0.1) is 0 Å². The van der Waals surface area contributed by atoms with E-state index in [1.54, 1.807) is 46.0 Å². The summed E-state index contributed by atoms with van der Waals surface area (Å²) in [5.41, 5.74) is 2.00. The third-order valence-electron chi connectivity index (χ3n) is 1.70. The molecule has 0 aliphatic heterocycles. The first-order valence-corrected chi connectivity index (χ1v) is 5.51. The highest BCUT2D eigenvalue weighted by molar-refractivity contribution is 6.29. The number of pyridine rings is 1. The fraction of sp³-hybridized carbons (Fsp3) is 0.455. The number of hydrogen-bond donors (Lipinski definition) is 1. The number of ether oxygens (including phenoxy) is 1. The molecule has 0 unspecified atom stereocenters. The number of carbonyl (C=O) groups excluding carboxylic acids is 1. The van der Waals surface area contributed by atoms with E-state index in [9.17, 15) is 4.79 Å². The number of hydrazine groups is 1. The first-order chi connectivity index (χ1) is 7.78. The molecule has 1 rings (SSSR count). The van der Waals surface area contributed by atoms with Crippen LogP contribution in [0.5, 0.6) is 0 Å². The van der Waals surface area contributed by atoms with Crippen molar-refractivity contribution >= 4 is 23.5 Å². The number of amides is 1. The van der Waals surface area contributed by atoms with Crippen molar-refractivity contribution in [2.45, 2.75) is 26.4 Å². The third-order valence-corrected chi connectivity index (χ3v) is 1.91. The second kappa shape index (κ2) is 5.23. The molecule has 0 aliphatic carbocycles. The fourth-order valence-corrected chi connectivity index (χ4v) is 1.24. The quantitative estimate of drug-likeness (QED) is 0.654. The number of hydrogen-bond acceptors (Lipinski definition) is 4. The van der Waals surface area contributed by atoms with E-state index in [1.165, 1.54) is 5.01 Å². The van der Waals surface area contributed by atoms with Crippen LogP contribution >= 0.6 is 11.6 Å². The van der Waals surface area contributed by atoms with E-state index in [0.717, 1.165) is 0 Å². The van der Waals surface area contributed by atoms with Gasteiger partial charge in [-0.15, -0.1) is 0 Å². The van der Waals surface area contributed by atoms with E-state index < -0.39 is 11.7 Å². The first-order valence-electron chi connectivity index (χ1n) is 5.14. The van der Waals surface area contributed by atoms with Crippen LogP contribution in [0, 0.1) is 0 Å². The highest BCUT2D eigenvalue weighted by Crippen LogP contribution is 2.12. The SMILES string of the molecule is CN(NC(=O)OC(C)(C)C)c1cccc(Cl)n1. The van der Waals surface area contributed by atoms with Gasteiger partial charge in [-0.1, -0.05) is 17.7 Å². The average molecular weight is 258 g/mol. The molecule has 0 aromatic carbocycles. The van der Waals surface area contributed by atoms with Crippen molar-refractivity contribution in [1.29, 1.82) is 0 Å². The molecule has 5 nitrogen and oxygen atoms in total. The van der Waals surface area contributed by atoms with Crippen molar-refractivity contribution in [3.63, 3.8) is 0 Å². The molecule has 0 atom stereocenters. The number of aromatic nitrogens is 1. The van der Waals surface area contributed by atoms with Gasteiger partial charge in [0, 0.05) is 7.05 Å². The van der Waals surface area contributed by atoms with Crippen molar-refractivity contribution in [2.24, 2.45) is 0 Å². The van der Waals surface area contributed by atoms with E-state index in [1.807, 2.05) is 0 Å². The molecule has 0 bridgehead atoms. The zero-order valence-corrected chi connectivity index (χ0v) is 11.1. The summed E-state index contributed by atoms with van der Waals surface area (Å²) in [5.74, 6) is 0.531. The normalized spacial score (nSPS) is 10.9. The summed E-state index contributed by atoms with van der Waals surface area (Å²) in [5, 5.41) is 1.81. The predicted molar refractivity (Wildman–Crippen MR) is 67.0 cm³/mol. The summed E-state index contributed by atoms with van der Waals surface area (Å²) in [6.07, 6.45) is -0.540. The minimum Gasteiger partial charge on any atom is -0.443 e. The van der Waals surface area contributed by atoms with Gasteiger partial charge in [0.15, 0.2) is 0 Å². The maximum atomic E-state index is 11.5. The molecule has 0 aliphatic rings. The number of halogens is 1. The van der Waals surface area contributed by atoms with Gasteiger partial charge >= 0.3 is 6.09 Å². The maximum Gasteiger partial charge on any atom is 0.426 e. The lowest BCUT2D eigenvalue weighted by molar-refractivity contribution is 0.0524. The molecule has 1 aromatic heterocycles. The van der Waals surface area contributed by atoms with Gasteiger partial charge < -0.3 is 4.74 Å². The van der Waals surface area contributed by atoms with Gasteiger partial charge in [-0.25, -0.2) is 15.2 Å². The lowest BCUT2D eigenvalue weighted by Crippen LogP contribution is -2.43. The van der Waals surface area contributed by atoms with E-state index in [-0.39, 0.29) is 0 Å². The molecule has 0 spiro atoms. The van der Waals surface area contributed by atoms with Crippen LogP contribution in [0.2, 0.25) is 5.15 Å². The topological polar surface area (TPSA) is 54.5 Å². The first kappa shape index (κ1) is 13.6. The molecule has 1 N–H and O–H groups in total. The summed E-state index contributed by atoms with van der Waals surface area (Å²) in [7, 11) is 1.66. The summed E-state index contributed by atoms with van der Waals surface area (Å²) in [6.45, 7) is 5.39. The smallest absolute Gasteiger partial charge is 0.426 e. The summed E-state index contributed by atoms with van der Waals surface area (Å²) in [6, 6.07) is 5.13. The standard InChI is InChI=1S/C11H16ClN3O2/c1-11(2,3)17-10(16)14-15(4)9-7-5-6-8(12)13-9/h5-7H,1-4H3,(H,14,16). The monoisotopic (exact) mass is 257 g/mol. The van der Waals surface area contributed by atoms with Crippen molar-refractivity contribution in [1.82, 2.24) is 10.4 Å². The van der Waals surface area contributed by atoms with Gasteiger partial charge in [-0.2, -0.15) is 0 Å². The highest BCUT2D eigenvalue weighted by Gasteiger charge is 2.17. The number of nitrogens with one attached hydrogen (secondary N) is 1. The zero-order chi connectivity index (χ0) is 13.1. The van der Waals surface area contributed by atoms with Crippen LogP contribution < -0.4 is 10.4 Å². The lowest BCUT2D eigenvalue weighted by atomic mass is 10.2. The van der Waals surface area contributed by atoms with Gasteiger partial charge in [0.2, 0.25) is 0 Å². The molecular weight excluding hydrogens is 242 g/mol. The molecule has 0 fully saturated rings. The van der Waals surface area contributed by atoms with Crippen LogP contribution in [0.25, 0.3) is 0 Å². The minimum absolute atomic E-state index is 0.361. The summed E-state index contributed by atoms with van der Waals surface area (Å²) >= 11 is 5.75. The Morgan fingerprint density at radius 1 is 1.47 bits per heavy atom. The van der Waals surface area contributed by atoms with Crippen LogP contribution in [0.4, 0.5) is 10.6 Å². The molecule has 0 saturated carbocycles. The van der Waals surface area contributed by atoms with E-state index >= 15 is 0 Å². The fourth-order valence-electron chi connectivity index (χ4n) is 1.08. The van der Waals surface area contributed by atoms with Gasteiger partial charge in [-0.3, -0.25) is 5.01 Å². The Morgan fingerprint density at radius 2 is 2.12 bits per heavy atom. The lowest BCUT2D eigenvalue weighted by Gasteiger charge is -2.24. The van der Waals surface area contributed by atoms with E-state index in [2.05, 4.69) is 10.4 Å². The van der Waals surface area contributed by atoms with Crippen molar-refractivity contribution in [3.8, 4) is 0 Å². The largest absolute Gasteiger partial charge is 0.443 e. The van der Waals surface area contributed by atoms with Crippen LogP contribution in [0.3, 0.4) is 0 Å². The molecular formula is C11H16ClN3O2. The highest BCUT2D eigenvalue weighted by atomic mass is 35.5. The molecule has 1 aromatic rings. The molecule has 1 heterocycles. The van der Waals surface area contributed by atoms with Gasteiger partial charge in [0.1, 0.15) is 16.6 Å². The Balaban J connectivity index is 2.61. The molecule has 6 heteroatoms. The number of nitrogens with zero attached hydrogens (tertiary/aromatic N) is 2. The Labute approximate surface area is 106 Å². The number of carbonyl (C=O) groups is 1. The van der Waals surface area contributed by atoms with Gasteiger partial charge in [0.25, 0.3) is 0 Å². The molecule has 94 valence electrons. The van der Waals surface area contributed by atoms with E-state index in [0.29, 0.717) is 11.0 Å². The van der Waals surface area contributed by atoms with E-state index in [4.69, 9.17) is 16.3 Å². The van der Waals surface area contributed by atoms with Crippen LogP contribution in [-0.2, 0) is 4.74 Å². The molecule has 0 saturated heterocycles. The third kappa shape index (κ3) is 4.91. The Bertz CT molecular complexity index is 404. The number of rotatable bonds is 2.